The standard InChI is InChI=1S/C14H12F2N2O2/c1-2-18(10-5-3-4-9(15)8-10)13-12(16)11(14(19)20)6-7-17-13/h3-8H,2H2,1H3,(H,19,20). The Morgan fingerprint density at radius 3 is 2.70 bits per heavy atom. The maximum atomic E-state index is 14.2. The van der Waals surface area contributed by atoms with Crippen LogP contribution in [0.1, 0.15) is 17.3 Å². The summed E-state index contributed by atoms with van der Waals surface area (Å²) in [6.07, 6.45) is 1.21. The lowest BCUT2D eigenvalue weighted by Gasteiger charge is -2.22. The van der Waals surface area contributed by atoms with Crippen LogP contribution >= 0.6 is 0 Å². The van der Waals surface area contributed by atoms with Gasteiger partial charge < -0.3 is 10.0 Å². The second-order valence-electron chi connectivity index (χ2n) is 4.03. The highest BCUT2D eigenvalue weighted by Gasteiger charge is 2.20. The lowest BCUT2D eigenvalue weighted by Crippen LogP contribution is -2.20. The monoisotopic (exact) mass is 278 g/mol. The van der Waals surface area contributed by atoms with E-state index in [1.54, 1.807) is 13.0 Å². The maximum Gasteiger partial charge on any atom is 0.338 e. The van der Waals surface area contributed by atoms with Gasteiger partial charge in [0.15, 0.2) is 11.6 Å². The number of carboxylic acids is 1. The first-order chi connectivity index (χ1) is 9.54. The third-order valence-electron chi connectivity index (χ3n) is 2.79. The van der Waals surface area contributed by atoms with Crippen molar-refractivity contribution in [2.75, 3.05) is 11.4 Å². The number of hydrogen-bond acceptors (Lipinski definition) is 3. The van der Waals surface area contributed by atoms with Crippen molar-refractivity contribution in [2.24, 2.45) is 0 Å². The van der Waals surface area contributed by atoms with E-state index in [4.69, 9.17) is 5.11 Å². The number of carbonyl (C=O) groups is 1. The Morgan fingerprint density at radius 2 is 2.10 bits per heavy atom. The molecule has 0 unspecified atom stereocenters. The number of pyridine rings is 1. The fraction of sp³-hybridized carbons (Fsp3) is 0.143. The maximum absolute atomic E-state index is 14.2. The van der Waals surface area contributed by atoms with Crippen molar-refractivity contribution in [1.29, 1.82) is 0 Å². The lowest BCUT2D eigenvalue weighted by atomic mass is 10.2. The van der Waals surface area contributed by atoms with E-state index in [1.165, 1.54) is 29.3 Å². The van der Waals surface area contributed by atoms with E-state index >= 15 is 0 Å². The van der Waals surface area contributed by atoms with Crippen molar-refractivity contribution >= 4 is 17.5 Å². The van der Waals surface area contributed by atoms with E-state index in [0.717, 1.165) is 6.07 Å². The van der Waals surface area contributed by atoms with Crippen molar-refractivity contribution in [3.8, 4) is 0 Å². The first kappa shape index (κ1) is 13.9. The van der Waals surface area contributed by atoms with E-state index in [0.29, 0.717) is 12.2 Å². The zero-order valence-corrected chi connectivity index (χ0v) is 10.7. The Morgan fingerprint density at radius 1 is 1.35 bits per heavy atom. The molecule has 1 heterocycles. The molecule has 0 spiro atoms. The Labute approximate surface area is 114 Å². The zero-order valence-electron chi connectivity index (χ0n) is 10.7. The minimum Gasteiger partial charge on any atom is -0.478 e. The fourth-order valence-electron chi connectivity index (χ4n) is 1.88. The summed E-state index contributed by atoms with van der Waals surface area (Å²) in [5, 5.41) is 8.91. The van der Waals surface area contributed by atoms with Crippen LogP contribution in [0.25, 0.3) is 0 Å². The smallest absolute Gasteiger partial charge is 0.338 e. The van der Waals surface area contributed by atoms with Gasteiger partial charge in [0.05, 0.1) is 0 Å². The van der Waals surface area contributed by atoms with Crippen LogP contribution in [0.3, 0.4) is 0 Å². The number of nitrogens with zero attached hydrogens (tertiary/aromatic N) is 2. The van der Waals surface area contributed by atoms with E-state index in [1.807, 2.05) is 0 Å². The van der Waals surface area contributed by atoms with Crippen LogP contribution in [0.5, 0.6) is 0 Å². The number of rotatable bonds is 4. The molecule has 104 valence electrons. The molecule has 1 aromatic carbocycles. The van der Waals surface area contributed by atoms with E-state index in [-0.39, 0.29) is 5.82 Å². The average Bonchev–Trinajstić information content (AvgIpc) is 2.41. The Bertz CT molecular complexity index is 647. The highest BCUT2D eigenvalue weighted by molar-refractivity contribution is 5.89. The molecular weight excluding hydrogens is 266 g/mol. The molecule has 0 saturated heterocycles. The van der Waals surface area contributed by atoms with Crippen molar-refractivity contribution < 1.29 is 18.7 Å². The van der Waals surface area contributed by atoms with Crippen LogP contribution in [-0.4, -0.2) is 22.6 Å². The van der Waals surface area contributed by atoms with E-state index < -0.39 is 23.2 Å². The summed E-state index contributed by atoms with van der Waals surface area (Å²) in [7, 11) is 0. The van der Waals surface area contributed by atoms with Gasteiger partial charge in [-0.2, -0.15) is 0 Å². The van der Waals surface area contributed by atoms with Crippen LogP contribution in [0, 0.1) is 11.6 Å². The second kappa shape index (κ2) is 5.64. The topological polar surface area (TPSA) is 53.4 Å². The third-order valence-corrected chi connectivity index (χ3v) is 2.79. The Hall–Kier alpha value is -2.50. The molecule has 2 rings (SSSR count). The summed E-state index contributed by atoms with van der Waals surface area (Å²) in [5.74, 6) is -2.92. The molecule has 0 radical (unpaired) electrons. The summed E-state index contributed by atoms with van der Waals surface area (Å²) < 4.78 is 27.4. The van der Waals surface area contributed by atoms with Gasteiger partial charge in [-0.1, -0.05) is 6.07 Å². The van der Waals surface area contributed by atoms with Crippen molar-refractivity contribution in [2.45, 2.75) is 6.92 Å². The molecule has 0 bridgehead atoms. The van der Waals surface area contributed by atoms with Crippen molar-refractivity contribution in [1.82, 2.24) is 4.98 Å². The van der Waals surface area contributed by atoms with Gasteiger partial charge >= 0.3 is 5.97 Å². The number of anilines is 2. The van der Waals surface area contributed by atoms with E-state index in [2.05, 4.69) is 4.98 Å². The number of benzene rings is 1. The molecule has 6 heteroatoms. The molecule has 0 aliphatic heterocycles. The number of carboxylic acid groups (broad SMARTS) is 1. The second-order valence-corrected chi connectivity index (χ2v) is 4.03. The van der Waals surface area contributed by atoms with Gasteiger partial charge in [0.1, 0.15) is 11.4 Å². The van der Waals surface area contributed by atoms with Crippen molar-refractivity contribution in [3.05, 3.63) is 53.7 Å². The molecule has 1 N–H and O–H groups in total. The molecule has 4 nitrogen and oxygen atoms in total. The van der Waals surface area contributed by atoms with Crippen LogP contribution in [0.15, 0.2) is 36.5 Å². The zero-order chi connectivity index (χ0) is 14.7. The minimum absolute atomic E-state index is 0.141. The van der Waals surface area contributed by atoms with Crippen LogP contribution < -0.4 is 4.90 Å². The van der Waals surface area contributed by atoms with Gasteiger partial charge in [0, 0.05) is 18.4 Å². The average molecular weight is 278 g/mol. The molecule has 0 amide bonds. The fourth-order valence-corrected chi connectivity index (χ4v) is 1.88. The lowest BCUT2D eigenvalue weighted by molar-refractivity contribution is 0.0691. The molecule has 2 aromatic rings. The number of aromatic carboxylic acids is 1. The van der Waals surface area contributed by atoms with E-state index in [9.17, 15) is 13.6 Å². The third kappa shape index (κ3) is 2.59. The SMILES string of the molecule is CCN(c1cccc(F)c1)c1nccc(C(=O)O)c1F. The van der Waals surface area contributed by atoms with Gasteiger partial charge in [-0.05, 0) is 31.2 Å². The first-order valence-corrected chi connectivity index (χ1v) is 5.95. The van der Waals surface area contributed by atoms with Gasteiger partial charge in [-0.25, -0.2) is 18.6 Å². The van der Waals surface area contributed by atoms with Gasteiger partial charge in [0.2, 0.25) is 0 Å². The molecule has 0 aliphatic rings. The number of hydrogen-bond donors (Lipinski definition) is 1. The van der Waals surface area contributed by atoms with Crippen molar-refractivity contribution in [3.63, 3.8) is 0 Å². The van der Waals surface area contributed by atoms with Crippen LogP contribution in [0.2, 0.25) is 0 Å². The van der Waals surface area contributed by atoms with Gasteiger partial charge in [0.25, 0.3) is 0 Å². The Kier molecular flexibility index (Phi) is 3.93. The van der Waals surface area contributed by atoms with Crippen LogP contribution in [0.4, 0.5) is 20.3 Å². The summed E-state index contributed by atoms with van der Waals surface area (Å²) >= 11 is 0. The summed E-state index contributed by atoms with van der Waals surface area (Å²) in [5.41, 5.74) is -0.0636. The molecule has 0 saturated carbocycles. The normalized spacial score (nSPS) is 10.3. The summed E-state index contributed by atoms with van der Waals surface area (Å²) in [6, 6.07) is 6.68. The summed E-state index contributed by atoms with van der Waals surface area (Å²) in [4.78, 5) is 16.2. The number of halogens is 2. The number of aromatic nitrogens is 1. The molecule has 0 atom stereocenters. The molecular formula is C14H12F2N2O2. The van der Waals surface area contributed by atoms with Gasteiger partial charge in [-0.15, -0.1) is 0 Å². The molecule has 0 fully saturated rings. The minimum atomic E-state index is -1.37. The highest BCUT2D eigenvalue weighted by atomic mass is 19.1. The summed E-state index contributed by atoms with van der Waals surface area (Å²) in [6.45, 7) is 2.05. The molecule has 20 heavy (non-hydrogen) atoms. The molecule has 0 aliphatic carbocycles. The quantitative estimate of drug-likeness (QED) is 0.933. The molecule has 1 aromatic heterocycles. The predicted molar refractivity (Wildman–Crippen MR) is 70.2 cm³/mol. The van der Waals surface area contributed by atoms with Crippen LogP contribution in [-0.2, 0) is 0 Å². The first-order valence-electron chi connectivity index (χ1n) is 5.95. The van der Waals surface area contributed by atoms with Gasteiger partial charge in [-0.3, -0.25) is 0 Å². The Balaban J connectivity index is 2.53. The largest absolute Gasteiger partial charge is 0.478 e. The highest BCUT2D eigenvalue weighted by Crippen LogP contribution is 2.27. The predicted octanol–water partition coefficient (Wildman–Crippen LogP) is 3.22.